The molecule has 206 valence electrons. The molecular formula is C29H32N2O8. The summed E-state index contributed by atoms with van der Waals surface area (Å²) in [5.41, 5.74) is 1.12. The molecule has 1 saturated heterocycles. The zero-order chi connectivity index (χ0) is 28.3. The predicted octanol–water partition coefficient (Wildman–Crippen LogP) is 4.32. The Morgan fingerprint density at radius 2 is 1.21 bits per heavy atom. The van der Waals surface area contributed by atoms with Crippen LogP contribution in [0.25, 0.3) is 0 Å². The molecule has 0 radical (unpaired) electrons. The highest BCUT2D eigenvalue weighted by Crippen LogP contribution is 2.50. The van der Waals surface area contributed by atoms with Crippen LogP contribution in [0.3, 0.4) is 0 Å². The van der Waals surface area contributed by atoms with Gasteiger partial charge in [-0.15, -0.1) is 0 Å². The molecule has 1 heterocycles. The van der Waals surface area contributed by atoms with Crippen molar-refractivity contribution in [2.24, 2.45) is 0 Å². The molecule has 1 fully saturated rings. The molecule has 1 N–H and O–H groups in total. The summed E-state index contributed by atoms with van der Waals surface area (Å²) >= 11 is 0. The summed E-state index contributed by atoms with van der Waals surface area (Å²) < 4.78 is 32.8. The number of methoxy groups -OCH3 is 6. The molecule has 10 heteroatoms. The molecule has 3 aromatic carbocycles. The van der Waals surface area contributed by atoms with E-state index in [1.165, 1.54) is 47.6 Å². The lowest BCUT2D eigenvalue weighted by Gasteiger charge is -2.50. The fraction of sp³-hybridized carbons (Fsp3) is 0.310. The normalized spacial score (nSPS) is 16.2. The van der Waals surface area contributed by atoms with Crippen LogP contribution in [0.1, 0.15) is 17.5 Å². The Bertz CT molecular complexity index is 1340. The Morgan fingerprint density at radius 1 is 0.744 bits per heavy atom. The van der Waals surface area contributed by atoms with E-state index >= 15 is 0 Å². The Balaban J connectivity index is 1.86. The van der Waals surface area contributed by atoms with Crippen molar-refractivity contribution < 1.29 is 38.0 Å². The molecule has 0 saturated carbocycles. The van der Waals surface area contributed by atoms with Gasteiger partial charge in [0.05, 0.1) is 54.8 Å². The fourth-order valence-corrected chi connectivity index (χ4v) is 4.82. The standard InChI is InChI=1S/C29H32N2O8/c1-17-8-10-18(11-9-17)29(28(33)30-19-12-21(34-2)26(38-6)22(13-19)35-3)16-25(32)31(29)20-14-23(36-4)27(39-7)24(15-20)37-5/h8-15H,16H2,1-7H3,(H,30,33). The first-order valence-electron chi connectivity index (χ1n) is 12.1. The average molecular weight is 537 g/mol. The first-order chi connectivity index (χ1) is 18.8. The first-order valence-corrected chi connectivity index (χ1v) is 12.1. The maximum atomic E-state index is 14.2. The second kappa shape index (κ2) is 11.0. The van der Waals surface area contributed by atoms with Gasteiger partial charge in [0, 0.05) is 30.0 Å². The number of ether oxygens (including phenoxy) is 6. The van der Waals surface area contributed by atoms with Gasteiger partial charge in [0.1, 0.15) is 0 Å². The quantitative estimate of drug-likeness (QED) is 0.382. The van der Waals surface area contributed by atoms with Crippen molar-refractivity contribution in [2.75, 3.05) is 52.9 Å². The Labute approximate surface area is 227 Å². The number of rotatable bonds is 10. The molecule has 1 unspecified atom stereocenters. The van der Waals surface area contributed by atoms with Crippen molar-refractivity contribution >= 4 is 23.2 Å². The summed E-state index contributed by atoms with van der Waals surface area (Å²) in [4.78, 5) is 28.9. The van der Waals surface area contributed by atoms with Gasteiger partial charge in [-0.25, -0.2) is 0 Å². The summed E-state index contributed by atoms with van der Waals surface area (Å²) in [6.07, 6.45) is -0.0526. The lowest BCUT2D eigenvalue weighted by atomic mass is 9.75. The van der Waals surface area contributed by atoms with E-state index in [1.807, 2.05) is 31.2 Å². The van der Waals surface area contributed by atoms with Crippen LogP contribution < -0.4 is 38.6 Å². The van der Waals surface area contributed by atoms with E-state index in [0.29, 0.717) is 51.4 Å². The molecule has 0 bridgehead atoms. The predicted molar refractivity (Wildman–Crippen MR) is 146 cm³/mol. The van der Waals surface area contributed by atoms with E-state index in [1.54, 1.807) is 24.3 Å². The summed E-state index contributed by atoms with van der Waals surface area (Å²) in [7, 11) is 8.96. The molecule has 2 amide bonds. The van der Waals surface area contributed by atoms with Gasteiger partial charge in [-0.3, -0.25) is 14.5 Å². The van der Waals surface area contributed by atoms with Crippen molar-refractivity contribution in [1.29, 1.82) is 0 Å². The van der Waals surface area contributed by atoms with Gasteiger partial charge < -0.3 is 33.7 Å². The van der Waals surface area contributed by atoms with Gasteiger partial charge >= 0.3 is 0 Å². The van der Waals surface area contributed by atoms with E-state index in [0.717, 1.165) is 5.56 Å². The summed E-state index contributed by atoms with van der Waals surface area (Å²) in [5, 5.41) is 2.96. The molecule has 1 aliphatic heterocycles. The van der Waals surface area contributed by atoms with Gasteiger partial charge in [0.2, 0.25) is 17.4 Å². The van der Waals surface area contributed by atoms with Crippen LogP contribution in [0.5, 0.6) is 34.5 Å². The third kappa shape index (κ3) is 4.62. The van der Waals surface area contributed by atoms with E-state index in [2.05, 4.69) is 5.32 Å². The highest BCUT2D eigenvalue weighted by molar-refractivity contribution is 6.17. The number of nitrogens with zero attached hydrogens (tertiary/aromatic N) is 1. The summed E-state index contributed by atoms with van der Waals surface area (Å²) in [6, 6.07) is 14.1. The molecular weight excluding hydrogens is 504 g/mol. The Morgan fingerprint density at radius 3 is 1.62 bits per heavy atom. The fourth-order valence-electron chi connectivity index (χ4n) is 4.82. The zero-order valence-electron chi connectivity index (χ0n) is 23.0. The minimum atomic E-state index is -1.37. The van der Waals surface area contributed by atoms with Crippen LogP contribution in [0.15, 0.2) is 48.5 Å². The number of anilines is 2. The van der Waals surface area contributed by atoms with Crippen molar-refractivity contribution in [3.63, 3.8) is 0 Å². The molecule has 10 nitrogen and oxygen atoms in total. The third-order valence-electron chi connectivity index (χ3n) is 6.77. The van der Waals surface area contributed by atoms with Crippen LogP contribution in [-0.4, -0.2) is 54.5 Å². The summed E-state index contributed by atoms with van der Waals surface area (Å²) in [5.74, 6) is 1.57. The second-order valence-corrected chi connectivity index (χ2v) is 8.88. The van der Waals surface area contributed by atoms with Gasteiger partial charge in [0.15, 0.2) is 28.5 Å². The first kappa shape index (κ1) is 27.4. The Hall–Kier alpha value is -4.60. The maximum absolute atomic E-state index is 14.2. The van der Waals surface area contributed by atoms with Crippen LogP contribution in [0.2, 0.25) is 0 Å². The second-order valence-electron chi connectivity index (χ2n) is 8.88. The summed E-state index contributed by atoms with van der Waals surface area (Å²) in [6.45, 7) is 1.95. The van der Waals surface area contributed by atoms with Gasteiger partial charge in [-0.2, -0.15) is 0 Å². The molecule has 0 aromatic heterocycles. The highest BCUT2D eigenvalue weighted by atomic mass is 16.5. The number of β-lactam (4-membered cyclic amide) rings is 1. The molecule has 3 aromatic rings. The molecule has 4 rings (SSSR count). The largest absolute Gasteiger partial charge is 0.493 e. The average Bonchev–Trinajstić information content (AvgIpc) is 2.94. The Kier molecular flexibility index (Phi) is 7.75. The smallest absolute Gasteiger partial charge is 0.255 e. The number of carbonyl (C=O) groups excluding carboxylic acids is 2. The van der Waals surface area contributed by atoms with Crippen LogP contribution in [-0.2, 0) is 15.1 Å². The number of benzene rings is 3. The number of hydrogen-bond acceptors (Lipinski definition) is 8. The van der Waals surface area contributed by atoms with Crippen molar-refractivity contribution in [1.82, 2.24) is 0 Å². The number of amides is 2. The minimum absolute atomic E-state index is 0.0526. The van der Waals surface area contributed by atoms with E-state index in [9.17, 15) is 9.59 Å². The highest BCUT2D eigenvalue weighted by Gasteiger charge is 2.58. The van der Waals surface area contributed by atoms with Crippen LogP contribution >= 0.6 is 0 Å². The van der Waals surface area contributed by atoms with Gasteiger partial charge in [-0.05, 0) is 12.5 Å². The van der Waals surface area contributed by atoms with Crippen molar-refractivity contribution in [2.45, 2.75) is 18.9 Å². The maximum Gasteiger partial charge on any atom is 0.255 e. The number of nitrogens with one attached hydrogen (secondary N) is 1. The number of carbonyl (C=O) groups is 2. The van der Waals surface area contributed by atoms with Crippen molar-refractivity contribution in [3.05, 3.63) is 59.7 Å². The molecule has 39 heavy (non-hydrogen) atoms. The molecule has 0 spiro atoms. The lowest BCUT2D eigenvalue weighted by Crippen LogP contribution is -2.67. The van der Waals surface area contributed by atoms with Crippen LogP contribution in [0, 0.1) is 6.92 Å². The SMILES string of the molecule is COc1cc(NC(=O)C2(c3ccc(C)cc3)CC(=O)N2c2cc(OC)c(OC)c(OC)c2)cc(OC)c1OC. The molecule has 1 aliphatic rings. The number of aryl methyl sites for hydroxylation is 1. The zero-order valence-corrected chi connectivity index (χ0v) is 23.0. The van der Waals surface area contributed by atoms with E-state index in [-0.39, 0.29) is 12.3 Å². The van der Waals surface area contributed by atoms with Crippen molar-refractivity contribution in [3.8, 4) is 34.5 Å². The number of hydrogen-bond donors (Lipinski definition) is 1. The molecule has 0 aliphatic carbocycles. The van der Waals surface area contributed by atoms with E-state index < -0.39 is 11.4 Å². The molecule has 1 atom stereocenters. The van der Waals surface area contributed by atoms with Gasteiger partial charge in [0.25, 0.3) is 5.91 Å². The third-order valence-corrected chi connectivity index (χ3v) is 6.77. The van der Waals surface area contributed by atoms with E-state index in [4.69, 9.17) is 28.4 Å². The van der Waals surface area contributed by atoms with Gasteiger partial charge in [-0.1, -0.05) is 29.8 Å². The lowest BCUT2D eigenvalue weighted by molar-refractivity contribution is -0.137. The minimum Gasteiger partial charge on any atom is -0.493 e. The monoisotopic (exact) mass is 536 g/mol. The topological polar surface area (TPSA) is 105 Å². The van der Waals surface area contributed by atoms with Crippen LogP contribution in [0.4, 0.5) is 11.4 Å².